The number of rotatable bonds is 7. The maximum Gasteiger partial charge on any atom is 0.231 e. The first-order chi connectivity index (χ1) is 10.2. The van der Waals surface area contributed by atoms with E-state index in [4.69, 9.17) is 0 Å². The van der Waals surface area contributed by atoms with E-state index in [1.165, 1.54) is 0 Å². The van der Waals surface area contributed by atoms with Gasteiger partial charge in [0, 0.05) is 26.8 Å². The summed E-state index contributed by atoms with van der Waals surface area (Å²) in [5.74, 6) is 1.68. The van der Waals surface area contributed by atoms with Crippen LogP contribution in [0.2, 0.25) is 0 Å². The van der Waals surface area contributed by atoms with Crippen LogP contribution in [-0.4, -0.2) is 45.8 Å². The maximum atomic E-state index is 4.36. The Morgan fingerprint density at radius 3 is 2.48 bits per heavy atom. The van der Waals surface area contributed by atoms with Crippen LogP contribution in [0.5, 0.6) is 0 Å². The molecule has 0 spiro atoms. The van der Waals surface area contributed by atoms with E-state index in [0.717, 1.165) is 18.7 Å². The predicted molar refractivity (Wildman–Crippen MR) is 82.3 cm³/mol. The third-order valence-corrected chi connectivity index (χ3v) is 2.61. The molecule has 8 heteroatoms. The van der Waals surface area contributed by atoms with E-state index in [1.807, 2.05) is 31.1 Å². The van der Waals surface area contributed by atoms with Crippen molar-refractivity contribution in [2.45, 2.75) is 19.9 Å². The van der Waals surface area contributed by atoms with Crippen molar-refractivity contribution in [3.63, 3.8) is 0 Å². The Bertz CT molecular complexity index is 557. The molecule has 112 valence electrons. The van der Waals surface area contributed by atoms with Crippen LogP contribution in [0.1, 0.15) is 19.0 Å². The highest BCUT2D eigenvalue weighted by molar-refractivity contribution is 5.43. The average Bonchev–Trinajstić information content (AvgIpc) is 2.51. The van der Waals surface area contributed by atoms with E-state index >= 15 is 0 Å². The minimum Gasteiger partial charge on any atom is -0.354 e. The molecule has 0 amide bonds. The van der Waals surface area contributed by atoms with Gasteiger partial charge in [-0.1, -0.05) is 6.92 Å². The van der Waals surface area contributed by atoms with Gasteiger partial charge < -0.3 is 15.5 Å². The summed E-state index contributed by atoms with van der Waals surface area (Å²) in [5.41, 5.74) is 0.826. The number of aromatic nitrogens is 5. The molecule has 0 radical (unpaired) electrons. The van der Waals surface area contributed by atoms with Gasteiger partial charge in [-0.15, -0.1) is 0 Å². The molecule has 0 aliphatic heterocycles. The fraction of sp³-hybridized carbons (Fsp3) is 0.462. The SMILES string of the molecule is CCCNc1nc(NCc2cccnn2)nc(N(C)C)n1. The van der Waals surface area contributed by atoms with Crippen LogP contribution in [-0.2, 0) is 6.54 Å². The molecule has 0 saturated heterocycles. The Morgan fingerprint density at radius 1 is 1.10 bits per heavy atom. The first kappa shape index (κ1) is 14.9. The van der Waals surface area contributed by atoms with Gasteiger partial charge in [0.2, 0.25) is 17.8 Å². The highest BCUT2D eigenvalue weighted by atomic mass is 15.3. The van der Waals surface area contributed by atoms with Gasteiger partial charge in [-0.25, -0.2) is 0 Å². The molecule has 0 fully saturated rings. The number of nitrogens with zero attached hydrogens (tertiary/aromatic N) is 6. The largest absolute Gasteiger partial charge is 0.354 e. The second kappa shape index (κ2) is 7.32. The van der Waals surface area contributed by atoms with Crippen molar-refractivity contribution in [1.82, 2.24) is 25.1 Å². The fourth-order valence-electron chi connectivity index (χ4n) is 1.56. The fourth-order valence-corrected chi connectivity index (χ4v) is 1.56. The lowest BCUT2D eigenvalue weighted by molar-refractivity contribution is 0.889. The second-order valence-electron chi connectivity index (χ2n) is 4.67. The van der Waals surface area contributed by atoms with Gasteiger partial charge in [-0.3, -0.25) is 0 Å². The second-order valence-corrected chi connectivity index (χ2v) is 4.67. The van der Waals surface area contributed by atoms with Gasteiger partial charge in [0.25, 0.3) is 0 Å². The first-order valence-corrected chi connectivity index (χ1v) is 6.86. The molecule has 0 aliphatic rings. The van der Waals surface area contributed by atoms with Crippen LogP contribution in [0.4, 0.5) is 17.8 Å². The van der Waals surface area contributed by atoms with Crippen LogP contribution < -0.4 is 15.5 Å². The average molecular weight is 288 g/mol. The normalized spacial score (nSPS) is 10.2. The zero-order chi connectivity index (χ0) is 15.1. The number of hydrogen-bond acceptors (Lipinski definition) is 8. The molecule has 2 rings (SSSR count). The standard InChI is InChI=1S/C13H20N8/c1-4-7-14-11-17-12(19-13(18-11)21(2)3)15-9-10-6-5-8-16-20-10/h5-6,8H,4,7,9H2,1-3H3,(H2,14,15,17,18,19). The van der Waals surface area contributed by atoms with Crippen molar-refractivity contribution in [2.75, 3.05) is 36.2 Å². The minimum atomic E-state index is 0.512. The Hall–Kier alpha value is -2.51. The van der Waals surface area contributed by atoms with E-state index in [-0.39, 0.29) is 0 Å². The van der Waals surface area contributed by atoms with Gasteiger partial charge in [0.1, 0.15) is 0 Å². The summed E-state index contributed by atoms with van der Waals surface area (Å²) in [4.78, 5) is 14.9. The minimum absolute atomic E-state index is 0.512. The summed E-state index contributed by atoms with van der Waals surface area (Å²) < 4.78 is 0. The van der Waals surface area contributed by atoms with Crippen molar-refractivity contribution < 1.29 is 0 Å². The van der Waals surface area contributed by atoms with Gasteiger partial charge in [-0.05, 0) is 18.6 Å². The van der Waals surface area contributed by atoms with E-state index < -0.39 is 0 Å². The zero-order valence-electron chi connectivity index (χ0n) is 12.5. The molecule has 0 aromatic carbocycles. The molecule has 21 heavy (non-hydrogen) atoms. The van der Waals surface area contributed by atoms with E-state index in [9.17, 15) is 0 Å². The monoisotopic (exact) mass is 288 g/mol. The van der Waals surface area contributed by atoms with Gasteiger partial charge in [0.05, 0.1) is 12.2 Å². The summed E-state index contributed by atoms with van der Waals surface area (Å²) in [6.45, 7) is 3.42. The van der Waals surface area contributed by atoms with Gasteiger partial charge >= 0.3 is 0 Å². The Labute approximate surface area is 124 Å². The lowest BCUT2D eigenvalue weighted by atomic mass is 10.4. The lowest BCUT2D eigenvalue weighted by Gasteiger charge is -2.13. The van der Waals surface area contributed by atoms with Crippen molar-refractivity contribution in [3.05, 3.63) is 24.0 Å². The van der Waals surface area contributed by atoms with Crippen LogP contribution in [0.3, 0.4) is 0 Å². The molecule has 2 aromatic rings. The van der Waals surface area contributed by atoms with Gasteiger partial charge in [0.15, 0.2) is 0 Å². The Morgan fingerprint density at radius 2 is 1.86 bits per heavy atom. The number of hydrogen-bond donors (Lipinski definition) is 2. The maximum absolute atomic E-state index is 4.36. The Kier molecular flexibility index (Phi) is 5.19. The van der Waals surface area contributed by atoms with Gasteiger partial charge in [-0.2, -0.15) is 25.1 Å². The summed E-state index contributed by atoms with van der Waals surface area (Å²) in [7, 11) is 3.79. The molecule has 0 atom stereocenters. The van der Waals surface area contributed by atoms with Crippen molar-refractivity contribution in [1.29, 1.82) is 0 Å². The lowest BCUT2D eigenvalue weighted by Crippen LogP contribution is -2.17. The Balaban J connectivity index is 2.11. The molecule has 0 bridgehead atoms. The summed E-state index contributed by atoms with van der Waals surface area (Å²) >= 11 is 0. The molecule has 2 heterocycles. The smallest absolute Gasteiger partial charge is 0.231 e. The summed E-state index contributed by atoms with van der Waals surface area (Å²) in [6, 6.07) is 3.74. The van der Waals surface area contributed by atoms with Crippen LogP contribution in [0.25, 0.3) is 0 Å². The van der Waals surface area contributed by atoms with Crippen molar-refractivity contribution in [3.8, 4) is 0 Å². The quantitative estimate of drug-likeness (QED) is 0.784. The molecule has 2 N–H and O–H groups in total. The van der Waals surface area contributed by atoms with Crippen molar-refractivity contribution in [2.24, 2.45) is 0 Å². The van der Waals surface area contributed by atoms with E-state index in [2.05, 4.69) is 42.7 Å². The van der Waals surface area contributed by atoms with Crippen LogP contribution >= 0.6 is 0 Å². The molecule has 0 saturated carbocycles. The van der Waals surface area contributed by atoms with Crippen molar-refractivity contribution >= 4 is 17.8 Å². The predicted octanol–water partition coefficient (Wildman–Crippen LogP) is 1.16. The molecule has 2 aromatic heterocycles. The third kappa shape index (κ3) is 4.51. The van der Waals surface area contributed by atoms with E-state index in [0.29, 0.717) is 24.4 Å². The highest BCUT2D eigenvalue weighted by Crippen LogP contribution is 2.12. The highest BCUT2D eigenvalue weighted by Gasteiger charge is 2.08. The van der Waals surface area contributed by atoms with Crippen LogP contribution in [0, 0.1) is 0 Å². The van der Waals surface area contributed by atoms with E-state index in [1.54, 1.807) is 6.20 Å². The number of nitrogens with one attached hydrogen (secondary N) is 2. The molecule has 8 nitrogen and oxygen atoms in total. The number of anilines is 3. The molecule has 0 unspecified atom stereocenters. The third-order valence-electron chi connectivity index (χ3n) is 2.61. The zero-order valence-corrected chi connectivity index (χ0v) is 12.5. The molecular formula is C13H20N8. The summed E-state index contributed by atoms with van der Waals surface area (Å²) in [5, 5.41) is 14.2. The first-order valence-electron chi connectivity index (χ1n) is 6.86. The summed E-state index contributed by atoms with van der Waals surface area (Å²) in [6.07, 6.45) is 2.65. The van der Waals surface area contributed by atoms with Crippen LogP contribution in [0.15, 0.2) is 18.3 Å². The molecule has 0 aliphatic carbocycles. The topological polar surface area (TPSA) is 91.8 Å². The molecular weight excluding hydrogens is 268 g/mol.